The van der Waals surface area contributed by atoms with Gasteiger partial charge in [-0.15, -0.1) is 5.11 Å². The van der Waals surface area contributed by atoms with Crippen LogP contribution in [-0.2, 0) is 0 Å². The number of phenols is 1. The summed E-state index contributed by atoms with van der Waals surface area (Å²) in [6.45, 7) is 3.64. The zero-order valence-corrected chi connectivity index (χ0v) is 12.8. The predicted molar refractivity (Wildman–Crippen MR) is 80.9 cm³/mol. The molecule has 0 aliphatic carbocycles. The van der Waals surface area contributed by atoms with E-state index in [1.54, 1.807) is 6.92 Å². The molecule has 0 saturated carbocycles. The molecule has 5 heteroatoms. The third kappa shape index (κ3) is 2.80. The van der Waals surface area contributed by atoms with Crippen LogP contribution in [-0.4, -0.2) is 5.11 Å². The number of rotatable bonds is 2. The Labute approximate surface area is 125 Å². The van der Waals surface area contributed by atoms with Crippen molar-refractivity contribution >= 4 is 38.9 Å². The zero-order chi connectivity index (χ0) is 14.0. The molecule has 0 amide bonds. The van der Waals surface area contributed by atoms with E-state index in [1.807, 2.05) is 37.3 Å². The summed E-state index contributed by atoms with van der Waals surface area (Å²) in [5, 5.41) is 18.9. The van der Waals surface area contributed by atoms with Gasteiger partial charge in [-0.25, -0.2) is 0 Å². The molecule has 0 aromatic heterocycles. The summed E-state index contributed by atoms with van der Waals surface area (Å²) in [5.41, 5.74) is 2.59. The maximum atomic E-state index is 10.1. The normalized spacial score (nSPS) is 11.2. The second-order valence-electron chi connectivity index (χ2n) is 4.11. The van der Waals surface area contributed by atoms with Crippen molar-refractivity contribution in [3.63, 3.8) is 0 Å². The van der Waals surface area contributed by atoms with Crippen LogP contribution in [0.2, 0.25) is 5.02 Å². The van der Waals surface area contributed by atoms with Gasteiger partial charge in [-0.2, -0.15) is 5.11 Å². The maximum Gasteiger partial charge on any atom is 0.157 e. The van der Waals surface area contributed by atoms with Gasteiger partial charge in [0, 0.05) is 0 Å². The predicted octanol–water partition coefficient (Wildman–Crippen LogP) is 5.84. The molecule has 2 rings (SSSR count). The number of hydrogen-bond donors (Lipinski definition) is 1. The number of halogens is 2. The van der Waals surface area contributed by atoms with Gasteiger partial charge in [0.15, 0.2) is 5.75 Å². The van der Waals surface area contributed by atoms with E-state index in [9.17, 15) is 5.11 Å². The van der Waals surface area contributed by atoms with Crippen LogP contribution >= 0.6 is 27.5 Å². The van der Waals surface area contributed by atoms with E-state index >= 15 is 0 Å². The van der Waals surface area contributed by atoms with Gasteiger partial charge in [0.25, 0.3) is 0 Å². The van der Waals surface area contributed by atoms with Crippen LogP contribution in [0.4, 0.5) is 11.4 Å². The average molecular weight is 340 g/mol. The fourth-order valence-corrected chi connectivity index (χ4v) is 2.35. The lowest BCUT2D eigenvalue weighted by Crippen LogP contribution is -1.86. The molecular weight excluding hydrogens is 328 g/mol. The van der Waals surface area contributed by atoms with E-state index in [0.29, 0.717) is 26.4 Å². The summed E-state index contributed by atoms with van der Waals surface area (Å²) in [6, 6.07) is 9.32. The van der Waals surface area contributed by atoms with E-state index in [-0.39, 0.29) is 5.75 Å². The Balaban J connectivity index is 2.50. The molecule has 0 radical (unpaired) electrons. The minimum atomic E-state index is 0.0547. The fraction of sp³-hybridized carbons (Fsp3) is 0.143. The third-order valence-corrected chi connectivity index (χ3v) is 4.33. The van der Waals surface area contributed by atoms with Crippen molar-refractivity contribution in [1.82, 2.24) is 0 Å². The van der Waals surface area contributed by atoms with Crippen LogP contribution in [0, 0.1) is 13.8 Å². The first-order chi connectivity index (χ1) is 9.02. The Morgan fingerprint density at radius 3 is 2.32 bits per heavy atom. The lowest BCUT2D eigenvalue weighted by molar-refractivity contribution is 0.472. The number of aromatic hydroxyl groups is 1. The molecule has 0 spiro atoms. The molecule has 1 N–H and O–H groups in total. The van der Waals surface area contributed by atoms with Crippen LogP contribution in [0.3, 0.4) is 0 Å². The van der Waals surface area contributed by atoms with Crippen LogP contribution in [0.5, 0.6) is 5.75 Å². The SMILES string of the molecule is Cc1c(Cl)c(C)c(N=Nc2ccccc2)c(O)c1Br. The minimum Gasteiger partial charge on any atom is -0.504 e. The quantitative estimate of drug-likeness (QED) is 0.686. The van der Waals surface area contributed by atoms with Crippen molar-refractivity contribution in [3.05, 3.63) is 51.0 Å². The molecule has 0 aliphatic heterocycles. The maximum absolute atomic E-state index is 10.1. The Morgan fingerprint density at radius 2 is 1.68 bits per heavy atom. The molecular formula is C14H12BrClN2O. The van der Waals surface area contributed by atoms with Crippen LogP contribution < -0.4 is 0 Å². The molecule has 0 unspecified atom stereocenters. The number of benzene rings is 2. The fourth-order valence-electron chi connectivity index (χ4n) is 1.67. The number of azo groups is 1. The topological polar surface area (TPSA) is 45.0 Å². The second-order valence-corrected chi connectivity index (χ2v) is 5.28. The highest BCUT2D eigenvalue weighted by Crippen LogP contribution is 2.44. The van der Waals surface area contributed by atoms with E-state index in [4.69, 9.17) is 11.6 Å². The molecule has 2 aromatic rings. The molecule has 0 bridgehead atoms. The lowest BCUT2D eigenvalue weighted by Gasteiger charge is -2.10. The van der Waals surface area contributed by atoms with Gasteiger partial charge in [-0.3, -0.25) is 0 Å². The van der Waals surface area contributed by atoms with E-state index in [2.05, 4.69) is 26.2 Å². The van der Waals surface area contributed by atoms with E-state index < -0.39 is 0 Å². The van der Waals surface area contributed by atoms with Crippen molar-refractivity contribution in [3.8, 4) is 5.75 Å². The lowest BCUT2D eigenvalue weighted by atomic mass is 10.1. The first-order valence-corrected chi connectivity index (χ1v) is 6.83. The third-order valence-electron chi connectivity index (χ3n) is 2.80. The Morgan fingerprint density at radius 1 is 1.05 bits per heavy atom. The number of nitrogens with zero attached hydrogens (tertiary/aromatic N) is 2. The first-order valence-electron chi connectivity index (χ1n) is 5.66. The van der Waals surface area contributed by atoms with Crippen molar-refractivity contribution < 1.29 is 5.11 Å². The zero-order valence-electron chi connectivity index (χ0n) is 10.5. The standard InChI is InChI=1S/C14H12BrClN2O/c1-8-11(15)14(19)13(9(2)12(8)16)18-17-10-6-4-3-5-7-10/h3-7,19H,1-2H3. The summed E-state index contributed by atoms with van der Waals surface area (Å²) in [5.74, 6) is 0.0547. The molecule has 0 aliphatic rings. The largest absolute Gasteiger partial charge is 0.504 e. The van der Waals surface area contributed by atoms with Crippen molar-refractivity contribution in [2.75, 3.05) is 0 Å². The Hall–Kier alpha value is -1.39. The Bertz CT molecular complexity index is 613. The summed E-state index contributed by atoms with van der Waals surface area (Å²) in [6.07, 6.45) is 0. The molecule has 0 atom stereocenters. The molecule has 3 nitrogen and oxygen atoms in total. The molecule has 0 fully saturated rings. The van der Waals surface area contributed by atoms with Crippen LogP contribution in [0.25, 0.3) is 0 Å². The molecule has 19 heavy (non-hydrogen) atoms. The summed E-state index contributed by atoms with van der Waals surface area (Å²) < 4.78 is 0.546. The number of hydrogen-bond acceptors (Lipinski definition) is 3. The van der Waals surface area contributed by atoms with Crippen molar-refractivity contribution in [2.45, 2.75) is 13.8 Å². The van der Waals surface area contributed by atoms with E-state index in [0.717, 1.165) is 5.56 Å². The minimum absolute atomic E-state index is 0.0547. The molecule has 0 saturated heterocycles. The Kier molecular flexibility index (Phi) is 4.22. The van der Waals surface area contributed by atoms with Crippen LogP contribution in [0.15, 0.2) is 45.0 Å². The molecule has 98 valence electrons. The number of phenolic OH excluding ortho intramolecular Hbond substituents is 1. The second kappa shape index (κ2) is 5.72. The summed E-state index contributed by atoms with van der Waals surface area (Å²) in [4.78, 5) is 0. The molecule has 0 heterocycles. The molecule has 2 aromatic carbocycles. The highest BCUT2D eigenvalue weighted by atomic mass is 79.9. The summed E-state index contributed by atoms with van der Waals surface area (Å²) >= 11 is 9.50. The van der Waals surface area contributed by atoms with Crippen LogP contribution in [0.1, 0.15) is 11.1 Å². The summed E-state index contributed by atoms with van der Waals surface area (Å²) in [7, 11) is 0. The van der Waals surface area contributed by atoms with Gasteiger partial charge in [-0.05, 0) is 53.0 Å². The van der Waals surface area contributed by atoms with Gasteiger partial charge >= 0.3 is 0 Å². The van der Waals surface area contributed by atoms with Gasteiger partial charge in [0.2, 0.25) is 0 Å². The van der Waals surface area contributed by atoms with Gasteiger partial charge in [0.05, 0.1) is 15.2 Å². The van der Waals surface area contributed by atoms with Gasteiger partial charge in [-0.1, -0.05) is 29.8 Å². The highest BCUT2D eigenvalue weighted by molar-refractivity contribution is 9.10. The van der Waals surface area contributed by atoms with Crippen molar-refractivity contribution in [2.24, 2.45) is 10.2 Å². The van der Waals surface area contributed by atoms with Gasteiger partial charge < -0.3 is 5.11 Å². The van der Waals surface area contributed by atoms with E-state index in [1.165, 1.54) is 0 Å². The average Bonchev–Trinajstić information content (AvgIpc) is 2.44. The highest BCUT2D eigenvalue weighted by Gasteiger charge is 2.16. The van der Waals surface area contributed by atoms with Crippen molar-refractivity contribution in [1.29, 1.82) is 0 Å². The van der Waals surface area contributed by atoms with Gasteiger partial charge in [0.1, 0.15) is 5.69 Å². The monoisotopic (exact) mass is 338 g/mol. The first kappa shape index (κ1) is 14.0. The smallest absolute Gasteiger partial charge is 0.157 e.